The van der Waals surface area contributed by atoms with Crippen molar-refractivity contribution in [3.8, 4) is 11.5 Å². The Morgan fingerprint density at radius 1 is 1.07 bits per heavy atom. The highest BCUT2D eigenvalue weighted by Crippen LogP contribution is 2.30. The van der Waals surface area contributed by atoms with E-state index in [4.69, 9.17) is 9.47 Å². The summed E-state index contributed by atoms with van der Waals surface area (Å²) < 4.78 is 46.7. The fourth-order valence-electron chi connectivity index (χ4n) is 2.48. The monoisotopic (exact) mass is 381 g/mol. The van der Waals surface area contributed by atoms with Crippen molar-refractivity contribution in [2.45, 2.75) is 25.9 Å². The van der Waals surface area contributed by atoms with E-state index in [1.807, 2.05) is 31.2 Å². The predicted molar refractivity (Wildman–Crippen MR) is 97.5 cm³/mol. The first-order valence-electron chi connectivity index (χ1n) is 8.39. The summed E-state index contributed by atoms with van der Waals surface area (Å²) >= 11 is 0. The van der Waals surface area contributed by atoms with Crippen LogP contribution in [0.5, 0.6) is 11.5 Å². The standard InChI is InChI=1S/C20H22F3NO3/c1-14-4-8-16(9-5-14)24(2)19(25)11-7-15-6-10-17(18(12-15)26-3)27-13-20(21,22)23/h4-6,8-10,12H,7,11,13H2,1-3H3. The van der Waals surface area contributed by atoms with Gasteiger partial charge in [-0.2, -0.15) is 13.2 Å². The molecule has 0 spiro atoms. The zero-order valence-electron chi connectivity index (χ0n) is 15.5. The molecule has 1 amide bonds. The lowest BCUT2D eigenvalue weighted by Gasteiger charge is -2.18. The van der Waals surface area contributed by atoms with Crippen molar-refractivity contribution in [3.05, 3.63) is 53.6 Å². The smallest absolute Gasteiger partial charge is 0.422 e. The van der Waals surface area contributed by atoms with Crippen LogP contribution in [0.3, 0.4) is 0 Å². The minimum Gasteiger partial charge on any atom is -0.493 e. The van der Waals surface area contributed by atoms with E-state index in [2.05, 4.69) is 0 Å². The van der Waals surface area contributed by atoms with Crippen molar-refractivity contribution < 1.29 is 27.4 Å². The molecule has 0 saturated heterocycles. The Labute approximate surface area is 156 Å². The zero-order valence-corrected chi connectivity index (χ0v) is 15.5. The van der Waals surface area contributed by atoms with Crippen LogP contribution in [0.25, 0.3) is 0 Å². The van der Waals surface area contributed by atoms with Gasteiger partial charge in [0.15, 0.2) is 18.1 Å². The molecule has 4 nitrogen and oxygen atoms in total. The average Bonchev–Trinajstić information content (AvgIpc) is 2.64. The second-order valence-electron chi connectivity index (χ2n) is 6.18. The Morgan fingerprint density at radius 2 is 1.74 bits per heavy atom. The van der Waals surface area contributed by atoms with Gasteiger partial charge in [0.25, 0.3) is 0 Å². The minimum absolute atomic E-state index is 0.0154. The van der Waals surface area contributed by atoms with Crippen molar-refractivity contribution in [2.75, 3.05) is 25.7 Å². The Hall–Kier alpha value is -2.70. The highest BCUT2D eigenvalue weighted by atomic mass is 19.4. The Kier molecular flexibility index (Phi) is 6.71. The number of hydrogen-bond acceptors (Lipinski definition) is 3. The summed E-state index contributed by atoms with van der Waals surface area (Å²) in [7, 11) is 3.07. The lowest BCUT2D eigenvalue weighted by atomic mass is 10.1. The summed E-state index contributed by atoms with van der Waals surface area (Å²) in [6.07, 6.45) is -3.72. The zero-order chi connectivity index (χ0) is 20.0. The van der Waals surface area contributed by atoms with E-state index in [0.717, 1.165) is 16.8 Å². The van der Waals surface area contributed by atoms with Crippen molar-refractivity contribution in [1.82, 2.24) is 0 Å². The first-order valence-corrected chi connectivity index (χ1v) is 8.39. The number of amides is 1. The molecule has 0 unspecified atom stereocenters. The summed E-state index contributed by atoms with van der Waals surface area (Å²) in [6.45, 7) is 0.587. The molecule has 0 atom stereocenters. The maximum absolute atomic E-state index is 12.4. The van der Waals surface area contributed by atoms with Crippen LogP contribution in [0.2, 0.25) is 0 Å². The predicted octanol–water partition coefficient (Wildman–Crippen LogP) is 4.54. The number of rotatable bonds is 7. The topological polar surface area (TPSA) is 38.8 Å². The maximum atomic E-state index is 12.4. The molecule has 0 aromatic heterocycles. The molecule has 0 bridgehead atoms. The van der Waals surface area contributed by atoms with Gasteiger partial charge in [0, 0.05) is 19.2 Å². The number of nitrogens with zero attached hydrogens (tertiary/aromatic N) is 1. The molecule has 0 aliphatic heterocycles. The van der Waals surface area contributed by atoms with E-state index in [0.29, 0.717) is 6.42 Å². The van der Waals surface area contributed by atoms with E-state index >= 15 is 0 Å². The van der Waals surface area contributed by atoms with Gasteiger partial charge in [0.1, 0.15) is 0 Å². The molecular formula is C20H22F3NO3. The fraction of sp³-hybridized carbons (Fsp3) is 0.350. The number of methoxy groups -OCH3 is 1. The molecule has 0 fully saturated rings. The molecule has 146 valence electrons. The third-order valence-corrected chi connectivity index (χ3v) is 4.04. The number of alkyl halides is 3. The number of hydrogen-bond donors (Lipinski definition) is 0. The minimum atomic E-state index is -4.42. The maximum Gasteiger partial charge on any atom is 0.422 e. The lowest BCUT2D eigenvalue weighted by molar-refractivity contribution is -0.153. The molecule has 0 radical (unpaired) electrons. The summed E-state index contributed by atoms with van der Waals surface area (Å²) in [6, 6.07) is 12.3. The van der Waals surface area contributed by atoms with E-state index in [1.165, 1.54) is 13.2 Å². The fourth-order valence-corrected chi connectivity index (χ4v) is 2.48. The molecule has 2 aromatic rings. The van der Waals surface area contributed by atoms with Crippen molar-refractivity contribution in [3.63, 3.8) is 0 Å². The van der Waals surface area contributed by atoms with Crippen molar-refractivity contribution in [2.24, 2.45) is 0 Å². The molecule has 27 heavy (non-hydrogen) atoms. The van der Waals surface area contributed by atoms with Crippen LogP contribution in [-0.2, 0) is 11.2 Å². The van der Waals surface area contributed by atoms with Gasteiger partial charge in [-0.3, -0.25) is 4.79 Å². The van der Waals surface area contributed by atoms with Crippen LogP contribution in [-0.4, -0.2) is 32.8 Å². The highest BCUT2D eigenvalue weighted by Gasteiger charge is 2.29. The molecule has 0 N–H and O–H groups in total. The Bertz CT molecular complexity index is 773. The third kappa shape index (κ3) is 6.20. The van der Waals surface area contributed by atoms with E-state index in [1.54, 1.807) is 24.1 Å². The number of aryl methyl sites for hydroxylation is 2. The Morgan fingerprint density at radius 3 is 2.33 bits per heavy atom. The molecule has 2 rings (SSSR count). The summed E-state index contributed by atoms with van der Waals surface area (Å²) in [5.74, 6) is 0.160. The number of carbonyl (C=O) groups is 1. The van der Waals surface area contributed by atoms with Crippen LogP contribution >= 0.6 is 0 Å². The van der Waals surface area contributed by atoms with Crippen molar-refractivity contribution in [1.29, 1.82) is 0 Å². The van der Waals surface area contributed by atoms with Gasteiger partial charge in [-0.05, 0) is 43.2 Å². The summed E-state index contributed by atoms with van der Waals surface area (Å²) in [4.78, 5) is 14.0. The van der Waals surface area contributed by atoms with Gasteiger partial charge in [0.2, 0.25) is 5.91 Å². The number of ether oxygens (including phenoxy) is 2. The molecule has 2 aromatic carbocycles. The number of carbonyl (C=O) groups excluding carboxylic acids is 1. The second kappa shape index (κ2) is 8.79. The SMILES string of the molecule is COc1cc(CCC(=O)N(C)c2ccc(C)cc2)ccc1OCC(F)(F)F. The molecule has 0 heterocycles. The van der Waals surface area contributed by atoms with Crippen LogP contribution in [0.15, 0.2) is 42.5 Å². The highest BCUT2D eigenvalue weighted by molar-refractivity contribution is 5.92. The largest absolute Gasteiger partial charge is 0.493 e. The molecule has 0 aliphatic rings. The van der Waals surface area contributed by atoms with Gasteiger partial charge < -0.3 is 14.4 Å². The van der Waals surface area contributed by atoms with Crippen LogP contribution in [0.4, 0.5) is 18.9 Å². The first-order chi connectivity index (χ1) is 12.7. The van der Waals surface area contributed by atoms with Crippen LogP contribution in [0, 0.1) is 6.92 Å². The number of anilines is 1. The third-order valence-electron chi connectivity index (χ3n) is 4.04. The van der Waals surface area contributed by atoms with Gasteiger partial charge in [-0.15, -0.1) is 0 Å². The van der Waals surface area contributed by atoms with E-state index in [-0.39, 0.29) is 23.8 Å². The van der Waals surface area contributed by atoms with Crippen molar-refractivity contribution >= 4 is 11.6 Å². The van der Waals surface area contributed by atoms with Gasteiger partial charge >= 0.3 is 6.18 Å². The van der Waals surface area contributed by atoms with Gasteiger partial charge in [-0.1, -0.05) is 23.8 Å². The van der Waals surface area contributed by atoms with Crippen LogP contribution < -0.4 is 14.4 Å². The number of halogens is 3. The molecular weight excluding hydrogens is 359 g/mol. The van der Waals surface area contributed by atoms with E-state index < -0.39 is 12.8 Å². The lowest BCUT2D eigenvalue weighted by Crippen LogP contribution is -2.26. The molecule has 7 heteroatoms. The van der Waals surface area contributed by atoms with Gasteiger partial charge in [0.05, 0.1) is 7.11 Å². The van der Waals surface area contributed by atoms with Gasteiger partial charge in [-0.25, -0.2) is 0 Å². The summed E-state index contributed by atoms with van der Waals surface area (Å²) in [5, 5.41) is 0. The average molecular weight is 381 g/mol. The van der Waals surface area contributed by atoms with E-state index in [9.17, 15) is 18.0 Å². The molecule has 0 aliphatic carbocycles. The van der Waals surface area contributed by atoms with Crippen LogP contribution in [0.1, 0.15) is 17.5 Å². The normalized spacial score (nSPS) is 11.2. The molecule has 0 saturated carbocycles. The quantitative estimate of drug-likeness (QED) is 0.707. The summed E-state index contributed by atoms with van der Waals surface area (Å²) in [5.41, 5.74) is 2.69. The first kappa shape index (κ1) is 20.6. The second-order valence-corrected chi connectivity index (χ2v) is 6.18. The number of benzene rings is 2. The Balaban J connectivity index is 1.98.